The highest BCUT2D eigenvalue weighted by molar-refractivity contribution is 5.97. The molecule has 0 saturated heterocycles. The number of nitrogens with zero attached hydrogens (tertiary/aromatic N) is 1. The van der Waals surface area contributed by atoms with Crippen LogP contribution in [-0.2, 0) is 5.41 Å². The maximum Gasteiger partial charge on any atom is 0.178 e. The minimum absolute atomic E-state index is 0.0163. The van der Waals surface area contributed by atoms with Gasteiger partial charge in [-0.1, -0.05) is 146 Å². The molecule has 1 heterocycles. The quantitative estimate of drug-likeness (QED) is 0.171. The summed E-state index contributed by atoms with van der Waals surface area (Å²) in [5.41, 5.74) is 11.9. The minimum Gasteiger partial charge on any atom is -0.454 e. The monoisotopic (exact) mass is 723 g/mol. The first-order valence-electron chi connectivity index (χ1n) is 20.0. The van der Waals surface area contributed by atoms with Crippen LogP contribution in [0.15, 0.2) is 205 Å². The molecule has 1 unspecified atom stereocenters. The first-order chi connectivity index (χ1) is 27.8. The molecule has 6 aromatic rings. The third-order valence-electron chi connectivity index (χ3n) is 12.2. The predicted octanol–water partition coefficient (Wildman–Crippen LogP) is 13.5. The molecule has 1 atom stereocenters. The lowest BCUT2D eigenvalue weighted by Crippen LogP contribution is -2.33. The third-order valence-corrected chi connectivity index (χ3v) is 12.2. The van der Waals surface area contributed by atoms with Crippen molar-refractivity contribution in [2.24, 2.45) is 0 Å². The summed E-state index contributed by atoms with van der Waals surface area (Å²) in [6.07, 6.45) is 23.6. The smallest absolute Gasteiger partial charge is 0.178 e. The van der Waals surface area contributed by atoms with Crippen LogP contribution in [0.25, 0.3) is 33.0 Å². The van der Waals surface area contributed by atoms with E-state index in [1.54, 1.807) is 0 Å². The van der Waals surface area contributed by atoms with E-state index in [1.165, 1.54) is 49.7 Å². The van der Waals surface area contributed by atoms with Gasteiger partial charge in [0.15, 0.2) is 17.3 Å². The first kappa shape index (κ1) is 32.8. The fourth-order valence-corrected chi connectivity index (χ4v) is 9.72. The van der Waals surface area contributed by atoms with Crippen molar-refractivity contribution in [3.63, 3.8) is 0 Å². The van der Waals surface area contributed by atoms with Gasteiger partial charge in [0.1, 0.15) is 5.76 Å². The second-order valence-corrected chi connectivity index (χ2v) is 15.3. The van der Waals surface area contributed by atoms with Gasteiger partial charge in [-0.3, -0.25) is 0 Å². The van der Waals surface area contributed by atoms with Crippen molar-refractivity contribution >= 4 is 22.1 Å². The van der Waals surface area contributed by atoms with E-state index in [9.17, 15) is 0 Å². The zero-order valence-corrected chi connectivity index (χ0v) is 31.2. The molecule has 1 aliphatic heterocycles. The van der Waals surface area contributed by atoms with Crippen LogP contribution >= 0.6 is 0 Å². The maximum atomic E-state index is 7.02. The Morgan fingerprint density at radius 2 is 1.25 bits per heavy atom. The van der Waals surface area contributed by atoms with Crippen LogP contribution in [0.1, 0.15) is 43.2 Å². The van der Waals surface area contributed by atoms with Crippen LogP contribution < -0.4 is 14.4 Å². The van der Waals surface area contributed by atoms with Crippen LogP contribution in [0, 0.1) is 0 Å². The number of allylic oxidation sites excluding steroid dienone is 9. The molecule has 0 spiro atoms. The number of fused-ring (bicyclic) bond motifs is 6. The van der Waals surface area contributed by atoms with E-state index in [0.717, 1.165) is 65.6 Å². The van der Waals surface area contributed by atoms with E-state index in [0.29, 0.717) is 6.42 Å². The molecule has 0 radical (unpaired) electrons. The molecule has 5 aliphatic rings. The van der Waals surface area contributed by atoms with Gasteiger partial charge in [0, 0.05) is 23.4 Å². The maximum absolute atomic E-state index is 7.02. The zero-order valence-electron chi connectivity index (χ0n) is 31.2. The van der Waals surface area contributed by atoms with Crippen molar-refractivity contribution in [2.75, 3.05) is 4.90 Å². The van der Waals surface area contributed by atoms with Gasteiger partial charge in [-0.05, 0) is 112 Å². The van der Waals surface area contributed by atoms with E-state index in [1.807, 2.05) is 0 Å². The van der Waals surface area contributed by atoms with Crippen LogP contribution in [0.2, 0.25) is 0 Å². The Hall–Kier alpha value is -6.58. The number of benzene rings is 6. The van der Waals surface area contributed by atoms with Crippen LogP contribution in [0.3, 0.4) is 0 Å². The minimum atomic E-state index is -0.403. The second kappa shape index (κ2) is 13.3. The Morgan fingerprint density at radius 1 is 0.554 bits per heavy atom. The van der Waals surface area contributed by atoms with Gasteiger partial charge in [-0.2, -0.15) is 0 Å². The lowest BCUT2D eigenvalue weighted by Gasteiger charge is -2.38. The van der Waals surface area contributed by atoms with Crippen LogP contribution in [0.4, 0.5) is 11.4 Å². The summed E-state index contributed by atoms with van der Waals surface area (Å²) in [6, 6.07) is 48.2. The average Bonchev–Trinajstić information content (AvgIpc) is 3.58. The molecule has 11 rings (SSSR count). The summed E-state index contributed by atoms with van der Waals surface area (Å²) in [5, 5.41) is 2.51. The molecule has 3 heteroatoms. The Morgan fingerprint density at radius 3 is 2.04 bits per heavy atom. The summed E-state index contributed by atoms with van der Waals surface area (Å²) < 4.78 is 13.9. The van der Waals surface area contributed by atoms with Crippen molar-refractivity contribution in [1.29, 1.82) is 0 Å². The molecule has 0 bridgehead atoms. The van der Waals surface area contributed by atoms with Gasteiger partial charge >= 0.3 is 0 Å². The summed E-state index contributed by atoms with van der Waals surface area (Å²) >= 11 is 0. The Balaban J connectivity index is 0.959. The molecule has 270 valence electrons. The first-order valence-corrected chi connectivity index (χ1v) is 20.0. The van der Waals surface area contributed by atoms with E-state index in [4.69, 9.17) is 9.47 Å². The lowest BCUT2D eigenvalue weighted by molar-refractivity contribution is 0.286. The highest BCUT2D eigenvalue weighted by atomic mass is 16.6. The number of hydrogen-bond acceptors (Lipinski definition) is 3. The van der Waals surface area contributed by atoms with E-state index >= 15 is 0 Å². The normalized spacial score (nSPS) is 18.5. The van der Waals surface area contributed by atoms with Crippen molar-refractivity contribution in [1.82, 2.24) is 0 Å². The molecule has 3 nitrogen and oxygen atoms in total. The molecule has 56 heavy (non-hydrogen) atoms. The highest BCUT2D eigenvalue weighted by Gasteiger charge is 2.49. The van der Waals surface area contributed by atoms with Gasteiger partial charge in [0.2, 0.25) is 0 Å². The number of anilines is 2. The Labute approximate surface area is 328 Å². The summed E-state index contributed by atoms with van der Waals surface area (Å²) in [7, 11) is 0. The molecule has 0 N–H and O–H groups in total. The molecular weight excluding hydrogens is 683 g/mol. The van der Waals surface area contributed by atoms with E-state index < -0.39 is 5.41 Å². The molecule has 6 aromatic carbocycles. The molecule has 0 fully saturated rings. The molecule has 0 saturated carbocycles. The van der Waals surface area contributed by atoms with Crippen molar-refractivity contribution < 1.29 is 9.47 Å². The third kappa shape index (κ3) is 5.11. The Bertz CT molecular complexity index is 2690. The number of hydrogen-bond donors (Lipinski definition) is 0. The van der Waals surface area contributed by atoms with Crippen LogP contribution in [-0.4, -0.2) is 6.04 Å². The van der Waals surface area contributed by atoms with Gasteiger partial charge in [0.25, 0.3) is 0 Å². The molecule has 0 aromatic heterocycles. The van der Waals surface area contributed by atoms with Crippen LogP contribution in [0.5, 0.6) is 11.5 Å². The van der Waals surface area contributed by atoms with Crippen molar-refractivity contribution in [3.8, 4) is 33.8 Å². The fourth-order valence-electron chi connectivity index (χ4n) is 9.72. The summed E-state index contributed by atoms with van der Waals surface area (Å²) in [6.45, 7) is 0. The molecule has 0 amide bonds. The van der Waals surface area contributed by atoms with Gasteiger partial charge < -0.3 is 14.4 Å². The second-order valence-electron chi connectivity index (χ2n) is 15.3. The lowest BCUT2D eigenvalue weighted by atomic mass is 9.65. The topological polar surface area (TPSA) is 21.7 Å². The SMILES string of the molecule is C1=CC(C2(C3=CCCC=C3)c3ccccc3-c3c2ccc2c3OC3=C(CC(N(c4ccccc4)c4ccc(-c5cccc6ccccc56)cc4)C=C3)O2)=CCC1. The van der Waals surface area contributed by atoms with Gasteiger partial charge in [-0.25, -0.2) is 0 Å². The largest absolute Gasteiger partial charge is 0.454 e. The highest BCUT2D eigenvalue weighted by Crippen LogP contribution is 2.62. The average molecular weight is 724 g/mol. The van der Waals surface area contributed by atoms with E-state index in [-0.39, 0.29) is 6.04 Å². The number of rotatable bonds is 6. The van der Waals surface area contributed by atoms with Gasteiger partial charge in [-0.15, -0.1) is 0 Å². The molecular formula is C53H41NO2. The van der Waals surface area contributed by atoms with Gasteiger partial charge in [0.05, 0.1) is 11.5 Å². The summed E-state index contributed by atoms with van der Waals surface area (Å²) in [5.74, 6) is 3.22. The van der Waals surface area contributed by atoms with E-state index in [2.05, 4.69) is 187 Å². The van der Waals surface area contributed by atoms with Crippen molar-refractivity contribution in [2.45, 2.75) is 43.6 Å². The number of para-hydroxylation sites is 1. The Kier molecular flexibility index (Phi) is 7.80. The predicted molar refractivity (Wildman–Crippen MR) is 229 cm³/mol. The summed E-state index contributed by atoms with van der Waals surface area (Å²) in [4.78, 5) is 2.41. The van der Waals surface area contributed by atoms with Crippen molar-refractivity contribution in [3.05, 3.63) is 216 Å². The standard InChI is InChI=1S/C53H41NO2/c1-4-17-38(18-5-1)53(39-19-6-2-7-20-39)46-26-13-12-24-45(46)51-47(53)32-34-49-52(51)56-48-33-31-42(35-50(48)55-49)54(40-21-8-3-9-22-40)41-29-27-37(28-30-41)44-25-14-16-36-15-10-11-23-43(36)44/h3-4,6,8-34,42H,1-2,5,7,35H2. The fraction of sp³-hybridized carbons (Fsp3) is 0.132. The molecule has 4 aliphatic carbocycles. The zero-order chi connectivity index (χ0) is 37.1. The number of ether oxygens (including phenoxy) is 2.